The van der Waals surface area contributed by atoms with Crippen LogP contribution in [0.15, 0.2) is 37.1 Å². The molecule has 0 spiro atoms. The van der Waals surface area contributed by atoms with Crippen molar-refractivity contribution in [2.24, 2.45) is 5.92 Å². The van der Waals surface area contributed by atoms with Crippen molar-refractivity contribution < 1.29 is 0 Å². The van der Waals surface area contributed by atoms with Gasteiger partial charge in [-0.2, -0.15) is 10.4 Å². The van der Waals surface area contributed by atoms with Crippen molar-refractivity contribution in [2.45, 2.75) is 19.4 Å². The van der Waals surface area contributed by atoms with E-state index in [2.05, 4.69) is 26.0 Å². The average molecular weight is 353 g/mol. The zero-order valence-electron chi connectivity index (χ0n) is 13.6. The molecule has 0 saturated carbocycles. The SMILES string of the molecule is N#Cc1cnc2c(Cl)cccc2c1N1CCCC(Cn2cncn2)C1. The fourth-order valence-corrected chi connectivity index (χ4v) is 3.83. The smallest absolute Gasteiger partial charge is 0.137 e. The first kappa shape index (κ1) is 15.9. The Morgan fingerprint density at radius 2 is 2.28 bits per heavy atom. The lowest BCUT2D eigenvalue weighted by molar-refractivity contribution is 0.352. The number of benzene rings is 1. The molecule has 1 saturated heterocycles. The standard InChI is InChI=1S/C18H17ClN6/c19-16-5-1-4-15-17(16)22-8-14(7-20)18(15)24-6-2-3-13(9-24)10-25-12-21-11-23-25/h1,4-5,8,11-13H,2-3,6,9-10H2. The van der Waals surface area contributed by atoms with Crippen molar-refractivity contribution in [1.29, 1.82) is 5.26 Å². The first-order valence-corrected chi connectivity index (χ1v) is 8.68. The van der Waals surface area contributed by atoms with Gasteiger partial charge in [0.25, 0.3) is 0 Å². The van der Waals surface area contributed by atoms with Crippen LogP contribution in [0.2, 0.25) is 5.02 Å². The minimum absolute atomic E-state index is 0.462. The third-order valence-electron chi connectivity index (χ3n) is 4.69. The monoisotopic (exact) mass is 352 g/mol. The lowest BCUT2D eigenvalue weighted by Crippen LogP contribution is -2.37. The average Bonchev–Trinajstić information content (AvgIpc) is 3.14. The van der Waals surface area contributed by atoms with E-state index in [1.54, 1.807) is 18.9 Å². The summed E-state index contributed by atoms with van der Waals surface area (Å²) in [5.41, 5.74) is 2.28. The Morgan fingerprint density at radius 3 is 3.08 bits per heavy atom. The van der Waals surface area contributed by atoms with Crippen LogP contribution in [0.25, 0.3) is 10.9 Å². The molecule has 1 atom stereocenters. The molecule has 4 rings (SSSR count). The summed E-state index contributed by atoms with van der Waals surface area (Å²) in [7, 11) is 0. The summed E-state index contributed by atoms with van der Waals surface area (Å²) in [6, 6.07) is 8.02. The molecular formula is C18H17ClN6. The second-order valence-corrected chi connectivity index (χ2v) is 6.75. The fourth-order valence-electron chi connectivity index (χ4n) is 3.60. The highest BCUT2D eigenvalue weighted by Gasteiger charge is 2.24. The molecule has 3 aromatic rings. The van der Waals surface area contributed by atoms with Gasteiger partial charge < -0.3 is 4.90 Å². The molecule has 0 N–H and O–H groups in total. The fraction of sp³-hybridized carbons (Fsp3) is 0.333. The summed E-state index contributed by atoms with van der Waals surface area (Å²) >= 11 is 6.30. The van der Waals surface area contributed by atoms with Crippen molar-refractivity contribution >= 4 is 28.2 Å². The number of rotatable bonds is 3. The highest BCUT2D eigenvalue weighted by molar-refractivity contribution is 6.35. The van der Waals surface area contributed by atoms with Gasteiger partial charge in [0, 0.05) is 31.2 Å². The molecule has 25 heavy (non-hydrogen) atoms. The number of halogens is 1. The van der Waals surface area contributed by atoms with Crippen LogP contribution in [0.3, 0.4) is 0 Å². The highest BCUT2D eigenvalue weighted by Crippen LogP contribution is 2.35. The molecule has 1 fully saturated rings. The molecule has 0 amide bonds. The van der Waals surface area contributed by atoms with Crippen LogP contribution >= 0.6 is 11.6 Å². The van der Waals surface area contributed by atoms with Crippen LogP contribution in [0.4, 0.5) is 5.69 Å². The van der Waals surface area contributed by atoms with E-state index >= 15 is 0 Å². The number of aromatic nitrogens is 4. The first-order chi connectivity index (χ1) is 12.3. The minimum atomic E-state index is 0.462. The number of fused-ring (bicyclic) bond motifs is 1. The number of hydrogen-bond acceptors (Lipinski definition) is 5. The topological polar surface area (TPSA) is 70.6 Å². The number of nitriles is 1. The number of piperidine rings is 1. The number of para-hydroxylation sites is 1. The van der Waals surface area contributed by atoms with Crippen LogP contribution in [-0.2, 0) is 6.54 Å². The maximum Gasteiger partial charge on any atom is 0.137 e. The molecule has 126 valence electrons. The van der Waals surface area contributed by atoms with Crippen molar-refractivity contribution in [3.8, 4) is 6.07 Å². The van der Waals surface area contributed by atoms with E-state index in [4.69, 9.17) is 11.6 Å². The third kappa shape index (κ3) is 3.03. The summed E-state index contributed by atoms with van der Waals surface area (Å²) in [5.74, 6) is 0.462. The molecular weight excluding hydrogens is 336 g/mol. The lowest BCUT2D eigenvalue weighted by Gasteiger charge is -2.35. The lowest BCUT2D eigenvalue weighted by atomic mass is 9.96. The van der Waals surface area contributed by atoms with Gasteiger partial charge >= 0.3 is 0 Å². The van der Waals surface area contributed by atoms with E-state index in [1.807, 2.05) is 22.9 Å². The Labute approximate surface area is 150 Å². The Balaban J connectivity index is 1.70. The maximum absolute atomic E-state index is 9.58. The van der Waals surface area contributed by atoms with Crippen molar-refractivity contribution in [2.75, 3.05) is 18.0 Å². The molecule has 0 radical (unpaired) electrons. The zero-order chi connectivity index (χ0) is 17.2. The van der Waals surface area contributed by atoms with E-state index in [0.29, 0.717) is 16.5 Å². The molecule has 3 heterocycles. The van der Waals surface area contributed by atoms with E-state index in [1.165, 1.54) is 0 Å². The second kappa shape index (κ2) is 6.69. The first-order valence-electron chi connectivity index (χ1n) is 8.31. The Bertz CT molecular complexity index is 931. The number of pyridine rings is 1. The van der Waals surface area contributed by atoms with Gasteiger partial charge in [-0.05, 0) is 24.8 Å². The summed E-state index contributed by atoms with van der Waals surface area (Å²) in [4.78, 5) is 10.7. The minimum Gasteiger partial charge on any atom is -0.370 e. The van der Waals surface area contributed by atoms with Crippen molar-refractivity contribution in [1.82, 2.24) is 19.7 Å². The van der Waals surface area contributed by atoms with Gasteiger partial charge in [0.15, 0.2) is 0 Å². The maximum atomic E-state index is 9.58. The van der Waals surface area contributed by atoms with Crippen LogP contribution in [0.5, 0.6) is 0 Å². The van der Waals surface area contributed by atoms with Crippen molar-refractivity contribution in [3.63, 3.8) is 0 Å². The molecule has 1 aromatic carbocycles. The predicted octanol–water partition coefficient (Wildman–Crippen LogP) is 3.27. The van der Waals surface area contributed by atoms with Gasteiger partial charge in [0.1, 0.15) is 18.7 Å². The molecule has 6 nitrogen and oxygen atoms in total. The zero-order valence-corrected chi connectivity index (χ0v) is 14.4. The molecule has 1 aliphatic heterocycles. The van der Waals surface area contributed by atoms with E-state index in [0.717, 1.165) is 49.1 Å². The van der Waals surface area contributed by atoms with Gasteiger partial charge in [-0.25, -0.2) is 4.98 Å². The molecule has 1 unspecified atom stereocenters. The summed E-state index contributed by atoms with van der Waals surface area (Å²) in [5, 5.41) is 15.3. The number of anilines is 1. The largest absolute Gasteiger partial charge is 0.370 e. The molecule has 0 aliphatic carbocycles. The van der Waals surface area contributed by atoms with Gasteiger partial charge in [-0.1, -0.05) is 23.7 Å². The normalized spacial score (nSPS) is 17.6. The predicted molar refractivity (Wildman–Crippen MR) is 96.4 cm³/mol. The van der Waals surface area contributed by atoms with E-state index in [9.17, 15) is 5.26 Å². The molecule has 2 aromatic heterocycles. The van der Waals surface area contributed by atoms with Crippen molar-refractivity contribution in [3.05, 3.63) is 47.6 Å². The molecule has 7 heteroatoms. The Morgan fingerprint density at radius 1 is 1.36 bits per heavy atom. The van der Waals surface area contributed by atoms with Gasteiger partial charge in [0.2, 0.25) is 0 Å². The highest BCUT2D eigenvalue weighted by atomic mass is 35.5. The second-order valence-electron chi connectivity index (χ2n) is 6.34. The van der Waals surface area contributed by atoms with Crippen LogP contribution in [0, 0.1) is 17.2 Å². The quantitative estimate of drug-likeness (QED) is 0.723. The Hall–Kier alpha value is -2.65. The summed E-state index contributed by atoms with van der Waals surface area (Å²) in [6.45, 7) is 2.64. The van der Waals surface area contributed by atoms with Crippen LogP contribution in [0.1, 0.15) is 18.4 Å². The number of hydrogen-bond donors (Lipinski definition) is 0. The third-order valence-corrected chi connectivity index (χ3v) is 4.99. The number of nitrogens with zero attached hydrogens (tertiary/aromatic N) is 6. The Kier molecular flexibility index (Phi) is 4.24. The molecule has 0 bridgehead atoms. The van der Waals surface area contributed by atoms with E-state index < -0.39 is 0 Å². The summed E-state index contributed by atoms with van der Waals surface area (Å²) in [6.07, 6.45) is 7.16. The van der Waals surface area contributed by atoms with Crippen LogP contribution in [-0.4, -0.2) is 32.8 Å². The van der Waals surface area contributed by atoms with Crippen LogP contribution < -0.4 is 4.90 Å². The summed E-state index contributed by atoms with van der Waals surface area (Å²) < 4.78 is 1.88. The van der Waals surface area contributed by atoms with Gasteiger partial charge in [0.05, 0.1) is 21.8 Å². The van der Waals surface area contributed by atoms with E-state index in [-0.39, 0.29) is 0 Å². The van der Waals surface area contributed by atoms with Gasteiger partial charge in [-0.3, -0.25) is 9.67 Å². The molecule has 1 aliphatic rings. The van der Waals surface area contributed by atoms with Gasteiger partial charge in [-0.15, -0.1) is 0 Å².